The van der Waals surface area contributed by atoms with Gasteiger partial charge >= 0.3 is 0 Å². The molecule has 0 radical (unpaired) electrons. The fraction of sp³-hybridized carbons (Fsp3) is 0.333. The summed E-state index contributed by atoms with van der Waals surface area (Å²) in [5.74, 6) is 0. The summed E-state index contributed by atoms with van der Waals surface area (Å²) in [5.41, 5.74) is 13.7. The third-order valence-corrected chi connectivity index (χ3v) is 2.64. The van der Waals surface area contributed by atoms with E-state index in [0.29, 0.717) is 11.3 Å². The van der Waals surface area contributed by atoms with Crippen LogP contribution < -0.4 is 11.5 Å². The van der Waals surface area contributed by atoms with E-state index < -0.39 is 4.92 Å². The molecule has 4 N–H and O–H groups in total. The van der Waals surface area contributed by atoms with Crippen molar-refractivity contribution in [3.8, 4) is 0 Å². The number of anilines is 1. The van der Waals surface area contributed by atoms with Gasteiger partial charge in [0, 0.05) is 17.8 Å². The maximum Gasteiger partial charge on any atom is 0.274 e. The predicted molar refractivity (Wildman–Crippen MR) is 52.8 cm³/mol. The summed E-state index contributed by atoms with van der Waals surface area (Å²) >= 11 is 0. The molecule has 0 saturated carbocycles. The van der Waals surface area contributed by atoms with Crippen LogP contribution in [0.25, 0.3) is 0 Å². The Labute approximate surface area is 80.9 Å². The summed E-state index contributed by atoms with van der Waals surface area (Å²) in [5, 5.41) is 10.7. The van der Waals surface area contributed by atoms with Crippen LogP contribution in [0.4, 0.5) is 11.4 Å². The van der Waals surface area contributed by atoms with Gasteiger partial charge in [-0.15, -0.1) is 0 Å². The Morgan fingerprint density at radius 2 is 2.21 bits per heavy atom. The Bertz CT molecular complexity index is 403. The lowest BCUT2D eigenvalue weighted by Gasteiger charge is -2.07. The number of nitrogen functional groups attached to an aromatic ring is 1. The number of hydrogen-bond donors (Lipinski definition) is 2. The average molecular weight is 193 g/mol. The Balaban J connectivity index is 2.66. The smallest absolute Gasteiger partial charge is 0.274 e. The van der Waals surface area contributed by atoms with Crippen LogP contribution in [0, 0.1) is 10.1 Å². The minimum absolute atomic E-state index is 0.0965. The topological polar surface area (TPSA) is 95.2 Å². The molecule has 0 aliphatic heterocycles. The van der Waals surface area contributed by atoms with Gasteiger partial charge in [-0.05, 0) is 24.5 Å². The number of fused-ring (bicyclic) bond motifs is 1. The molecule has 0 bridgehead atoms. The molecule has 0 aromatic heterocycles. The first kappa shape index (κ1) is 8.96. The quantitative estimate of drug-likeness (QED) is 0.397. The van der Waals surface area contributed by atoms with E-state index in [0.717, 1.165) is 18.4 Å². The molecule has 5 heteroatoms. The standard InChI is InChI=1S/C9H11N3O2/c10-6-3-4-8(12(13)14)9-5(6)1-2-7(9)11/h3-4,7H,1-2,10-11H2/t7-/m1/s1. The Morgan fingerprint density at radius 1 is 1.50 bits per heavy atom. The lowest BCUT2D eigenvalue weighted by molar-refractivity contribution is -0.385. The Hall–Kier alpha value is -1.62. The Morgan fingerprint density at radius 3 is 2.86 bits per heavy atom. The number of hydrogen-bond acceptors (Lipinski definition) is 4. The van der Waals surface area contributed by atoms with Crippen LogP contribution in [0.5, 0.6) is 0 Å². The van der Waals surface area contributed by atoms with E-state index in [1.807, 2.05) is 0 Å². The minimum atomic E-state index is -0.399. The summed E-state index contributed by atoms with van der Waals surface area (Å²) < 4.78 is 0. The molecule has 74 valence electrons. The van der Waals surface area contributed by atoms with Crippen LogP contribution >= 0.6 is 0 Å². The zero-order valence-corrected chi connectivity index (χ0v) is 7.56. The normalized spacial score (nSPS) is 19.4. The molecule has 1 aliphatic carbocycles. The number of nitro groups is 1. The number of rotatable bonds is 1. The molecule has 2 rings (SSSR count). The van der Waals surface area contributed by atoms with Crippen molar-refractivity contribution in [3.63, 3.8) is 0 Å². The van der Waals surface area contributed by atoms with Gasteiger partial charge in [-0.2, -0.15) is 0 Å². The zero-order valence-electron chi connectivity index (χ0n) is 7.56. The van der Waals surface area contributed by atoms with Gasteiger partial charge in [-0.3, -0.25) is 10.1 Å². The monoisotopic (exact) mass is 193 g/mol. The van der Waals surface area contributed by atoms with Gasteiger partial charge in [0.1, 0.15) is 0 Å². The maximum atomic E-state index is 10.7. The molecule has 1 atom stereocenters. The lowest BCUT2D eigenvalue weighted by atomic mass is 10.0. The number of benzene rings is 1. The van der Waals surface area contributed by atoms with Crippen LogP contribution in [0.1, 0.15) is 23.6 Å². The first-order valence-corrected chi connectivity index (χ1v) is 4.42. The molecule has 0 fully saturated rings. The van der Waals surface area contributed by atoms with Crippen LogP contribution in [-0.4, -0.2) is 4.92 Å². The number of nitro benzene ring substituents is 1. The second kappa shape index (κ2) is 2.95. The van der Waals surface area contributed by atoms with Crippen molar-refractivity contribution in [1.29, 1.82) is 0 Å². The van der Waals surface area contributed by atoms with Gasteiger partial charge < -0.3 is 11.5 Å². The van der Waals surface area contributed by atoms with E-state index in [-0.39, 0.29) is 11.7 Å². The van der Waals surface area contributed by atoms with Crippen LogP contribution in [0.15, 0.2) is 12.1 Å². The molecule has 0 saturated heterocycles. The molecule has 1 aliphatic rings. The fourth-order valence-corrected chi connectivity index (χ4v) is 1.97. The molecule has 0 amide bonds. The SMILES string of the molecule is Nc1ccc([N+](=O)[O-])c2c1CC[C@H]2N. The molecule has 1 aromatic carbocycles. The Kier molecular flexibility index (Phi) is 1.89. The van der Waals surface area contributed by atoms with Crippen LogP contribution in [0.3, 0.4) is 0 Å². The molecular weight excluding hydrogens is 182 g/mol. The molecule has 0 unspecified atom stereocenters. The molecule has 1 aromatic rings. The largest absolute Gasteiger partial charge is 0.398 e. The highest BCUT2D eigenvalue weighted by Crippen LogP contribution is 2.39. The van der Waals surface area contributed by atoms with Gasteiger partial charge in [0.05, 0.1) is 10.5 Å². The molecule has 0 spiro atoms. The van der Waals surface area contributed by atoms with Gasteiger partial charge in [-0.1, -0.05) is 0 Å². The van der Waals surface area contributed by atoms with Crippen LogP contribution in [-0.2, 0) is 6.42 Å². The molecule has 0 heterocycles. The third-order valence-electron chi connectivity index (χ3n) is 2.64. The van der Waals surface area contributed by atoms with Crippen molar-refractivity contribution in [2.45, 2.75) is 18.9 Å². The average Bonchev–Trinajstić information content (AvgIpc) is 2.50. The van der Waals surface area contributed by atoms with Crippen molar-refractivity contribution in [2.24, 2.45) is 5.73 Å². The zero-order chi connectivity index (χ0) is 10.3. The van der Waals surface area contributed by atoms with Gasteiger partial charge in [-0.25, -0.2) is 0 Å². The third kappa shape index (κ3) is 1.13. The fourth-order valence-electron chi connectivity index (χ4n) is 1.97. The van der Waals surface area contributed by atoms with E-state index in [2.05, 4.69) is 0 Å². The number of nitrogens with two attached hydrogens (primary N) is 2. The van der Waals surface area contributed by atoms with Gasteiger partial charge in [0.25, 0.3) is 5.69 Å². The van der Waals surface area contributed by atoms with Crippen LogP contribution in [0.2, 0.25) is 0 Å². The second-order valence-electron chi connectivity index (χ2n) is 3.47. The van der Waals surface area contributed by atoms with Crippen molar-refractivity contribution in [2.75, 3.05) is 5.73 Å². The van der Waals surface area contributed by atoms with Gasteiger partial charge in [0.2, 0.25) is 0 Å². The van der Waals surface area contributed by atoms with Crippen molar-refractivity contribution in [1.82, 2.24) is 0 Å². The molecule has 5 nitrogen and oxygen atoms in total. The predicted octanol–water partition coefficient (Wildman–Crippen LogP) is 1.12. The van der Waals surface area contributed by atoms with E-state index in [4.69, 9.17) is 11.5 Å². The highest BCUT2D eigenvalue weighted by molar-refractivity contribution is 5.62. The van der Waals surface area contributed by atoms with Crippen molar-refractivity contribution >= 4 is 11.4 Å². The maximum absolute atomic E-state index is 10.7. The molecular formula is C9H11N3O2. The summed E-state index contributed by atoms with van der Waals surface area (Å²) in [6.45, 7) is 0. The molecule has 14 heavy (non-hydrogen) atoms. The first-order chi connectivity index (χ1) is 6.61. The first-order valence-electron chi connectivity index (χ1n) is 4.42. The summed E-state index contributed by atoms with van der Waals surface area (Å²) in [6.07, 6.45) is 1.48. The van der Waals surface area contributed by atoms with E-state index >= 15 is 0 Å². The second-order valence-corrected chi connectivity index (χ2v) is 3.47. The van der Waals surface area contributed by atoms with E-state index in [1.54, 1.807) is 6.07 Å². The van der Waals surface area contributed by atoms with Crippen molar-refractivity contribution in [3.05, 3.63) is 33.4 Å². The van der Waals surface area contributed by atoms with Gasteiger partial charge in [0.15, 0.2) is 0 Å². The van der Waals surface area contributed by atoms with E-state index in [9.17, 15) is 10.1 Å². The minimum Gasteiger partial charge on any atom is -0.398 e. The van der Waals surface area contributed by atoms with Crippen molar-refractivity contribution < 1.29 is 4.92 Å². The lowest BCUT2D eigenvalue weighted by Crippen LogP contribution is -2.08. The van der Waals surface area contributed by atoms with E-state index in [1.165, 1.54) is 6.07 Å². The summed E-state index contributed by atoms with van der Waals surface area (Å²) in [6, 6.07) is 2.77. The summed E-state index contributed by atoms with van der Waals surface area (Å²) in [7, 11) is 0. The number of nitrogens with zero attached hydrogens (tertiary/aromatic N) is 1. The highest BCUT2D eigenvalue weighted by Gasteiger charge is 2.29. The highest BCUT2D eigenvalue weighted by atomic mass is 16.6. The summed E-state index contributed by atoms with van der Waals surface area (Å²) in [4.78, 5) is 10.3.